The Kier molecular flexibility index (Phi) is 6.70. The first-order valence-electron chi connectivity index (χ1n) is 9.99. The first-order valence-corrected chi connectivity index (χ1v) is 9.99. The van der Waals surface area contributed by atoms with Crippen molar-refractivity contribution in [1.82, 2.24) is 25.1 Å². The zero-order valence-corrected chi connectivity index (χ0v) is 18.6. The van der Waals surface area contributed by atoms with E-state index in [9.17, 15) is 18.0 Å². The van der Waals surface area contributed by atoms with Gasteiger partial charge in [0.15, 0.2) is 0 Å². The lowest BCUT2D eigenvalue weighted by Gasteiger charge is -2.12. The molecule has 0 spiro atoms. The molecule has 174 valence electrons. The third kappa shape index (κ3) is 5.13. The molecule has 0 saturated heterocycles. The topological polar surface area (TPSA) is 111 Å². The maximum atomic E-state index is 13.1. The van der Waals surface area contributed by atoms with E-state index in [0.717, 1.165) is 23.4 Å². The number of nitrogens with two attached hydrogens (primary N) is 1. The highest BCUT2D eigenvalue weighted by Gasteiger charge is 2.33. The van der Waals surface area contributed by atoms with Crippen molar-refractivity contribution < 1.29 is 18.0 Å². The largest absolute Gasteiger partial charge is 0.433 e. The van der Waals surface area contributed by atoms with Gasteiger partial charge >= 0.3 is 6.18 Å². The van der Waals surface area contributed by atoms with Crippen LogP contribution in [0, 0.1) is 20.8 Å². The van der Waals surface area contributed by atoms with Gasteiger partial charge in [0.05, 0.1) is 11.4 Å². The second kappa shape index (κ2) is 9.31. The summed E-state index contributed by atoms with van der Waals surface area (Å²) in [7, 11) is 1.74. The normalized spacial score (nSPS) is 12.0. The molecule has 4 N–H and O–H groups in total. The first-order chi connectivity index (χ1) is 15.5. The van der Waals surface area contributed by atoms with Gasteiger partial charge in [-0.1, -0.05) is 0 Å². The SMILES string of the molecule is CN/C(=C\N)c1cnc(NC(=O)Cn2nc(C)c(-c3ccnc(C(F)(F)F)c3)c2C)c(C)c1. The number of carbonyl (C=O) groups is 1. The number of nitrogens with zero attached hydrogens (tertiary/aromatic N) is 4. The van der Waals surface area contributed by atoms with Gasteiger partial charge in [-0.05, 0) is 50.1 Å². The van der Waals surface area contributed by atoms with Crippen LogP contribution in [0.3, 0.4) is 0 Å². The van der Waals surface area contributed by atoms with Crippen LogP contribution in [-0.2, 0) is 17.5 Å². The van der Waals surface area contributed by atoms with Crippen molar-refractivity contribution in [3.63, 3.8) is 0 Å². The number of aromatic nitrogens is 4. The van der Waals surface area contributed by atoms with E-state index in [4.69, 9.17) is 5.73 Å². The van der Waals surface area contributed by atoms with Crippen molar-refractivity contribution in [3.8, 4) is 11.1 Å². The molecular weight excluding hydrogens is 435 g/mol. The summed E-state index contributed by atoms with van der Waals surface area (Å²) in [5.74, 6) is 0.0198. The van der Waals surface area contributed by atoms with Crippen LogP contribution in [0.2, 0.25) is 0 Å². The molecular formula is C22H24F3N7O. The number of hydrogen-bond acceptors (Lipinski definition) is 6. The molecule has 0 fully saturated rings. The molecule has 1 amide bonds. The molecule has 3 rings (SSSR count). The van der Waals surface area contributed by atoms with Gasteiger partial charge in [0.2, 0.25) is 5.91 Å². The fourth-order valence-electron chi connectivity index (χ4n) is 3.49. The molecule has 8 nitrogen and oxygen atoms in total. The molecule has 0 saturated carbocycles. The molecule has 0 aliphatic rings. The van der Waals surface area contributed by atoms with Gasteiger partial charge in [-0.3, -0.25) is 14.5 Å². The zero-order valence-electron chi connectivity index (χ0n) is 18.6. The van der Waals surface area contributed by atoms with E-state index < -0.39 is 11.9 Å². The summed E-state index contributed by atoms with van der Waals surface area (Å²) in [5, 5.41) is 10.0. The van der Waals surface area contributed by atoms with Crippen molar-refractivity contribution in [1.29, 1.82) is 0 Å². The average molecular weight is 459 g/mol. The number of amides is 1. The highest BCUT2D eigenvalue weighted by Crippen LogP contribution is 2.32. The lowest BCUT2D eigenvalue weighted by atomic mass is 10.0. The molecule has 0 aromatic carbocycles. The summed E-state index contributed by atoms with van der Waals surface area (Å²) in [6.07, 6.45) is -0.434. The molecule has 33 heavy (non-hydrogen) atoms. The molecule has 3 aromatic heterocycles. The molecule has 0 aliphatic heterocycles. The number of rotatable bonds is 6. The maximum Gasteiger partial charge on any atom is 0.433 e. The Bertz CT molecular complexity index is 1220. The van der Waals surface area contributed by atoms with Crippen molar-refractivity contribution in [3.05, 3.63) is 65.0 Å². The monoisotopic (exact) mass is 459 g/mol. The summed E-state index contributed by atoms with van der Waals surface area (Å²) in [4.78, 5) is 20.3. The molecule has 3 heterocycles. The Labute approximate surface area is 188 Å². The predicted octanol–water partition coefficient (Wildman–Crippen LogP) is 3.40. The number of anilines is 1. The lowest BCUT2D eigenvalue weighted by Crippen LogP contribution is -2.21. The van der Waals surface area contributed by atoms with Crippen molar-refractivity contribution >= 4 is 17.4 Å². The summed E-state index contributed by atoms with van der Waals surface area (Å²) in [6.45, 7) is 5.06. The van der Waals surface area contributed by atoms with Crippen LogP contribution in [0.15, 0.2) is 36.8 Å². The minimum atomic E-state index is -4.55. The van der Waals surface area contributed by atoms with Crippen LogP contribution in [0.25, 0.3) is 16.8 Å². The van der Waals surface area contributed by atoms with Crippen LogP contribution in [0.5, 0.6) is 0 Å². The van der Waals surface area contributed by atoms with Crippen LogP contribution in [0.4, 0.5) is 19.0 Å². The summed E-state index contributed by atoms with van der Waals surface area (Å²) in [5.41, 5.74) is 8.73. The standard InChI is InChI=1S/C22H24F3N7O/c1-12-7-16(17(9-26)27-4)10-29-21(12)30-19(33)11-32-14(3)20(13(2)31-32)15-5-6-28-18(8-15)22(23,24)25/h5-10,27H,11,26H2,1-4H3,(H,29,30,33)/b17-9-. The average Bonchev–Trinajstić information content (AvgIpc) is 3.03. The van der Waals surface area contributed by atoms with E-state index >= 15 is 0 Å². The fourth-order valence-corrected chi connectivity index (χ4v) is 3.49. The number of alkyl halides is 3. The molecule has 0 unspecified atom stereocenters. The van der Waals surface area contributed by atoms with E-state index in [1.807, 2.05) is 6.07 Å². The van der Waals surface area contributed by atoms with Crippen LogP contribution >= 0.6 is 0 Å². The Morgan fingerprint density at radius 3 is 2.55 bits per heavy atom. The second-order valence-electron chi connectivity index (χ2n) is 7.40. The number of nitrogens with one attached hydrogen (secondary N) is 2. The molecule has 0 radical (unpaired) electrons. The van der Waals surface area contributed by atoms with Gasteiger partial charge in [0.25, 0.3) is 0 Å². The zero-order chi connectivity index (χ0) is 24.3. The minimum Gasteiger partial charge on any atom is -0.403 e. The van der Waals surface area contributed by atoms with E-state index in [2.05, 4.69) is 25.7 Å². The summed E-state index contributed by atoms with van der Waals surface area (Å²) in [6, 6.07) is 4.30. The second-order valence-corrected chi connectivity index (χ2v) is 7.40. The third-order valence-electron chi connectivity index (χ3n) is 5.10. The third-order valence-corrected chi connectivity index (χ3v) is 5.10. The maximum absolute atomic E-state index is 13.1. The smallest absolute Gasteiger partial charge is 0.403 e. The van der Waals surface area contributed by atoms with Crippen molar-refractivity contribution in [2.24, 2.45) is 5.73 Å². The van der Waals surface area contributed by atoms with Gasteiger partial charge in [-0.2, -0.15) is 18.3 Å². The number of halogens is 3. The molecule has 0 bridgehead atoms. The van der Waals surface area contributed by atoms with E-state index in [1.54, 1.807) is 34.0 Å². The lowest BCUT2D eigenvalue weighted by molar-refractivity contribution is -0.141. The fraction of sp³-hybridized carbons (Fsp3) is 0.273. The Hall–Kier alpha value is -3.89. The van der Waals surface area contributed by atoms with E-state index in [-0.39, 0.29) is 12.5 Å². The predicted molar refractivity (Wildman–Crippen MR) is 119 cm³/mol. The Morgan fingerprint density at radius 2 is 1.94 bits per heavy atom. The first kappa shape index (κ1) is 23.8. The number of aryl methyl sites for hydroxylation is 2. The van der Waals surface area contributed by atoms with E-state index in [1.165, 1.54) is 16.9 Å². The summed E-state index contributed by atoms with van der Waals surface area (Å²) < 4.78 is 40.6. The highest BCUT2D eigenvalue weighted by atomic mass is 19.4. The molecule has 11 heteroatoms. The van der Waals surface area contributed by atoms with Gasteiger partial charge in [-0.25, -0.2) is 4.98 Å². The number of hydrogen-bond donors (Lipinski definition) is 3. The minimum absolute atomic E-state index is 0.128. The van der Waals surface area contributed by atoms with Crippen molar-refractivity contribution in [2.45, 2.75) is 33.5 Å². The van der Waals surface area contributed by atoms with Gasteiger partial charge < -0.3 is 16.4 Å². The van der Waals surface area contributed by atoms with Gasteiger partial charge in [0, 0.05) is 42.5 Å². The summed E-state index contributed by atoms with van der Waals surface area (Å²) >= 11 is 0. The van der Waals surface area contributed by atoms with Crippen LogP contribution in [-0.4, -0.2) is 32.7 Å². The Balaban J connectivity index is 1.81. The molecule has 0 atom stereocenters. The van der Waals surface area contributed by atoms with Crippen LogP contribution < -0.4 is 16.4 Å². The molecule has 3 aromatic rings. The number of carbonyl (C=O) groups excluding carboxylic acids is 1. The van der Waals surface area contributed by atoms with Gasteiger partial charge in [0.1, 0.15) is 18.1 Å². The highest BCUT2D eigenvalue weighted by molar-refractivity contribution is 5.90. The Morgan fingerprint density at radius 1 is 1.21 bits per heavy atom. The quantitative estimate of drug-likeness (QED) is 0.521. The number of pyridine rings is 2. The molecule has 0 aliphatic carbocycles. The van der Waals surface area contributed by atoms with Crippen LogP contribution in [0.1, 0.15) is 28.2 Å². The van der Waals surface area contributed by atoms with E-state index in [0.29, 0.717) is 34.0 Å². The van der Waals surface area contributed by atoms with Crippen molar-refractivity contribution in [2.75, 3.05) is 12.4 Å². The van der Waals surface area contributed by atoms with Gasteiger partial charge in [-0.15, -0.1) is 0 Å².